The molecule has 0 fully saturated rings. The molecule has 0 radical (unpaired) electrons. The van der Waals surface area contributed by atoms with E-state index in [9.17, 15) is 5.21 Å². The van der Waals surface area contributed by atoms with Crippen LogP contribution in [-0.4, -0.2) is 23.0 Å². The third-order valence-electron chi connectivity index (χ3n) is 4.35. The van der Waals surface area contributed by atoms with Crippen LogP contribution in [0.3, 0.4) is 0 Å². The van der Waals surface area contributed by atoms with Crippen molar-refractivity contribution in [3.05, 3.63) is 69.8 Å². The number of benzene rings is 2. The van der Waals surface area contributed by atoms with Gasteiger partial charge in [-0.2, -0.15) is 0 Å². The topological polar surface area (TPSA) is 38.1 Å². The lowest BCUT2D eigenvalue weighted by molar-refractivity contribution is -0.487. The summed E-state index contributed by atoms with van der Waals surface area (Å²) in [6.45, 7) is 4.95. The van der Waals surface area contributed by atoms with Crippen molar-refractivity contribution in [1.29, 1.82) is 0 Å². The second-order valence-electron chi connectivity index (χ2n) is 6.67. The van der Waals surface area contributed by atoms with Crippen LogP contribution in [0.25, 0.3) is 0 Å². The Hall–Kier alpha value is -1.81. The van der Waals surface area contributed by atoms with E-state index in [4.69, 9.17) is 0 Å². The number of halogens is 1. The molecule has 1 aliphatic rings. The monoisotopic (exact) mass is 372 g/mol. The Labute approximate surface area is 145 Å². The molecule has 3 nitrogen and oxygen atoms in total. The number of nitrogens with zero attached hydrogens (tertiary/aromatic N) is 1. The Morgan fingerprint density at radius 2 is 1.91 bits per heavy atom. The molecule has 23 heavy (non-hydrogen) atoms. The third kappa shape index (κ3) is 3.42. The largest absolute Gasteiger partial charge is 0.623 e. The fourth-order valence-electron chi connectivity index (χ4n) is 3.35. The number of nitrogens with one attached hydrogen (secondary N) is 1. The molecule has 1 unspecified atom stereocenters. The Kier molecular flexibility index (Phi) is 4.44. The summed E-state index contributed by atoms with van der Waals surface area (Å²) in [5, 5.41) is 16.3. The van der Waals surface area contributed by atoms with Crippen molar-refractivity contribution in [3.8, 4) is 0 Å². The summed E-state index contributed by atoms with van der Waals surface area (Å²) in [4.78, 5) is 0. The quantitative estimate of drug-likeness (QED) is 0.625. The van der Waals surface area contributed by atoms with Crippen LogP contribution < -0.4 is 5.32 Å². The first-order valence-electron chi connectivity index (χ1n) is 7.86. The zero-order chi connectivity index (χ0) is 16.4. The van der Waals surface area contributed by atoms with Crippen molar-refractivity contribution in [2.45, 2.75) is 26.3 Å². The highest BCUT2D eigenvalue weighted by molar-refractivity contribution is 9.10. The van der Waals surface area contributed by atoms with Crippen LogP contribution in [0.2, 0.25) is 0 Å². The molecule has 0 amide bonds. The maximum Gasteiger partial charge on any atom is 0.200 e. The van der Waals surface area contributed by atoms with E-state index in [2.05, 4.69) is 35.1 Å². The lowest BCUT2D eigenvalue weighted by Gasteiger charge is -2.16. The summed E-state index contributed by atoms with van der Waals surface area (Å²) >= 11 is 3.50. The van der Waals surface area contributed by atoms with Crippen LogP contribution in [0, 0.1) is 10.6 Å². The molecule has 120 valence electrons. The average molecular weight is 373 g/mol. The van der Waals surface area contributed by atoms with Crippen molar-refractivity contribution in [3.63, 3.8) is 0 Å². The molecule has 4 heteroatoms. The fraction of sp³-hybridized carbons (Fsp3) is 0.316. The number of hydrogen-bond acceptors (Lipinski definition) is 2. The van der Waals surface area contributed by atoms with Gasteiger partial charge in [0.2, 0.25) is 5.71 Å². The van der Waals surface area contributed by atoms with Gasteiger partial charge in [-0.05, 0) is 44.2 Å². The van der Waals surface area contributed by atoms with E-state index in [1.807, 2.05) is 54.6 Å². The second kappa shape index (κ2) is 6.36. The van der Waals surface area contributed by atoms with Crippen molar-refractivity contribution in [2.24, 2.45) is 5.41 Å². The van der Waals surface area contributed by atoms with Gasteiger partial charge in [0, 0.05) is 22.1 Å². The zero-order valence-corrected chi connectivity index (χ0v) is 15.0. The number of para-hydroxylation sites is 1. The Balaban J connectivity index is 1.84. The molecule has 2 aromatic carbocycles. The molecular weight excluding hydrogens is 352 g/mol. The van der Waals surface area contributed by atoms with E-state index in [0.717, 1.165) is 27.9 Å². The van der Waals surface area contributed by atoms with E-state index in [1.165, 1.54) is 4.74 Å². The number of rotatable bonds is 4. The van der Waals surface area contributed by atoms with Gasteiger partial charge in [-0.1, -0.05) is 40.2 Å². The minimum Gasteiger partial charge on any atom is -0.623 e. The minimum absolute atomic E-state index is 0.0563. The summed E-state index contributed by atoms with van der Waals surface area (Å²) in [5.74, 6) is 0. The Morgan fingerprint density at radius 1 is 1.17 bits per heavy atom. The lowest BCUT2D eigenvalue weighted by Crippen LogP contribution is -2.27. The smallest absolute Gasteiger partial charge is 0.200 e. The van der Waals surface area contributed by atoms with Gasteiger partial charge in [-0.25, -0.2) is 4.74 Å². The van der Waals surface area contributed by atoms with Crippen LogP contribution in [0.4, 0.5) is 5.69 Å². The second-order valence-corrected chi connectivity index (χ2v) is 7.59. The van der Waals surface area contributed by atoms with Crippen molar-refractivity contribution in [2.75, 3.05) is 11.9 Å². The summed E-state index contributed by atoms with van der Waals surface area (Å²) in [6, 6.07) is 18.0. The first kappa shape index (κ1) is 16.1. The fourth-order valence-corrected chi connectivity index (χ4v) is 3.75. The molecule has 1 N–H and O–H groups in total. The molecule has 1 atom stereocenters. The van der Waals surface area contributed by atoms with Gasteiger partial charge in [-0.15, -0.1) is 0 Å². The molecular formula is C19H21BrN2O. The summed E-state index contributed by atoms with van der Waals surface area (Å²) in [7, 11) is 0. The standard InChI is InChI=1S/C19H21BrN2O/c1-19(2)12-17(13-21-16-9-4-3-5-10-16)22(23)18(19)14-7-6-8-15(20)11-14/h3-11,17,21H,12-13H2,1-2H3. The van der Waals surface area contributed by atoms with Crippen LogP contribution >= 0.6 is 15.9 Å². The number of hydrogen-bond donors (Lipinski definition) is 1. The highest BCUT2D eigenvalue weighted by atomic mass is 79.9. The maximum atomic E-state index is 12.9. The average Bonchev–Trinajstić information content (AvgIpc) is 2.75. The molecule has 1 aliphatic heterocycles. The van der Waals surface area contributed by atoms with E-state index < -0.39 is 0 Å². The van der Waals surface area contributed by atoms with E-state index in [0.29, 0.717) is 6.54 Å². The normalized spacial score (nSPS) is 19.9. The van der Waals surface area contributed by atoms with Crippen molar-refractivity contribution >= 4 is 27.3 Å². The summed E-state index contributed by atoms with van der Waals surface area (Å²) < 4.78 is 2.20. The van der Waals surface area contributed by atoms with Crippen LogP contribution in [-0.2, 0) is 0 Å². The molecule has 0 spiro atoms. The molecule has 3 rings (SSSR count). The van der Waals surface area contributed by atoms with Crippen LogP contribution in [0.5, 0.6) is 0 Å². The molecule has 0 bridgehead atoms. The lowest BCUT2D eigenvalue weighted by atomic mass is 9.81. The van der Waals surface area contributed by atoms with Gasteiger partial charge in [0.05, 0.1) is 12.0 Å². The maximum absolute atomic E-state index is 12.9. The van der Waals surface area contributed by atoms with E-state index >= 15 is 0 Å². The number of hydroxylamine groups is 1. The Morgan fingerprint density at radius 3 is 2.61 bits per heavy atom. The summed E-state index contributed by atoms with van der Waals surface area (Å²) in [6.07, 6.45) is 0.845. The Bertz CT molecular complexity index is 725. The zero-order valence-electron chi connectivity index (χ0n) is 13.4. The first-order chi connectivity index (χ1) is 11.0. The van der Waals surface area contributed by atoms with Crippen molar-refractivity contribution in [1.82, 2.24) is 0 Å². The molecule has 1 heterocycles. The van der Waals surface area contributed by atoms with Gasteiger partial charge in [0.25, 0.3) is 0 Å². The SMILES string of the molecule is CC1(C)CC(CNc2ccccc2)[N+]([O-])=C1c1cccc(Br)c1. The predicted octanol–water partition coefficient (Wildman–Crippen LogP) is 4.66. The highest BCUT2D eigenvalue weighted by Gasteiger charge is 2.45. The minimum atomic E-state index is -0.133. The first-order valence-corrected chi connectivity index (χ1v) is 8.65. The molecule has 0 saturated heterocycles. The summed E-state index contributed by atoms with van der Waals surface area (Å²) in [5.41, 5.74) is 2.79. The van der Waals surface area contributed by atoms with Gasteiger partial charge in [0.1, 0.15) is 0 Å². The van der Waals surface area contributed by atoms with E-state index in [1.54, 1.807) is 0 Å². The molecule has 0 aliphatic carbocycles. The predicted molar refractivity (Wildman–Crippen MR) is 99.0 cm³/mol. The third-order valence-corrected chi connectivity index (χ3v) is 4.85. The van der Waals surface area contributed by atoms with Gasteiger partial charge >= 0.3 is 0 Å². The molecule has 0 saturated carbocycles. The van der Waals surface area contributed by atoms with Gasteiger partial charge in [-0.3, -0.25) is 0 Å². The molecule has 0 aromatic heterocycles. The van der Waals surface area contributed by atoms with Gasteiger partial charge < -0.3 is 10.5 Å². The molecule has 2 aromatic rings. The van der Waals surface area contributed by atoms with Crippen LogP contribution in [0.15, 0.2) is 59.1 Å². The highest BCUT2D eigenvalue weighted by Crippen LogP contribution is 2.35. The van der Waals surface area contributed by atoms with E-state index in [-0.39, 0.29) is 11.5 Å². The van der Waals surface area contributed by atoms with Gasteiger partial charge in [0.15, 0.2) is 6.04 Å². The van der Waals surface area contributed by atoms with Crippen LogP contribution in [0.1, 0.15) is 25.8 Å². The number of anilines is 1. The van der Waals surface area contributed by atoms with Crippen molar-refractivity contribution < 1.29 is 4.74 Å².